The second-order valence-electron chi connectivity index (χ2n) is 9.37. The summed E-state index contributed by atoms with van der Waals surface area (Å²) in [6.45, 7) is 11.9. The van der Waals surface area contributed by atoms with Crippen molar-refractivity contribution in [1.82, 2.24) is 20.2 Å². The fourth-order valence-corrected chi connectivity index (χ4v) is 4.39. The second kappa shape index (κ2) is 11.7. The van der Waals surface area contributed by atoms with E-state index in [1.165, 1.54) is 0 Å². The number of nitrogens with one attached hydrogen (secondary N) is 1. The van der Waals surface area contributed by atoms with E-state index < -0.39 is 0 Å². The zero-order chi connectivity index (χ0) is 24.7. The second-order valence-corrected chi connectivity index (χ2v) is 10.3. The van der Waals surface area contributed by atoms with Crippen LogP contribution in [0.3, 0.4) is 0 Å². The van der Waals surface area contributed by atoms with Crippen LogP contribution in [0.5, 0.6) is 0 Å². The minimum absolute atomic E-state index is 0.109. The molecule has 1 aromatic carbocycles. The number of aromatic nitrogens is 2. The van der Waals surface area contributed by atoms with Gasteiger partial charge in [0, 0.05) is 69.6 Å². The lowest BCUT2D eigenvalue weighted by Gasteiger charge is -2.35. The molecule has 1 aliphatic rings. The molecule has 0 saturated carbocycles. The van der Waals surface area contributed by atoms with Crippen LogP contribution < -0.4 is 10.2 Å². The number of amides is 2. The van der Waals surface area contributed by atoms with Crippen molar-refractivity contribution >= 4 is 29.4 Å². The molecule has 2 amide bonds. The average molecular weight is 486 g/mol. The van der Waals surface area contributed by atoms with Crippen molar-refractivity contribution in [3.8, 4) is 0 Å². The minimum atomic E-state index is -0.117. The molecule has 0 atom stereocenters. The number of methoxy groups -OCH3 is 1. The lowest BCUT2D eigenvalue weighted by Crippen LogP contribution is -2.48. The Kier molecular flexibility index (Phi) is 8.90. The van der Waals surface area contributed by atoms with Crippen LogP contribution in [-0.4, -0.2) is 73.1 Å². The summed E-state index contributed by atoms with van der Waals surface area (Å²) in [5.41, 5.74) is 2.53. The largest absolute Gasteiger partial charge is 0.383 e. The van der Waals surface area contributed by atoms with Gasteiger partial charge in [0.2, 0.25) is 5.91 Å². The van der Waals surface area contributed by atoms with Gasteiger partial charge in [-0.1, -0.05) is 44.7 Å². The molecule has 0 aliphatic carbocycles. The smallest absolute Gasteiger partial charge is 0.251 e. The van der Waals surface area contributed by atoms with Crippen molar-refractivity contribution < 1.29 is 14.3 Å². The summed E-state index contributed by atoms with van der Waals surface area (Å²) in [4.78, 5) is 37.8. The van der Waals surface area contributed by atoms with E-state index in [-0.39, 0.29) is 17.2 Å². The summed E-state index contributed by atoms with van der Waals surface area (Å²) in [6.07, 6.45) is 0. The lowest BCUT2D eigenvalue weighted by atomic mass is 9.92. The van der Waals surface area contributed by atoms with Gasteiger partial charge in [0.05, 0.1) is 12.3 Å². The molecule has 9 heteroatoms. The third kappa shape index (κ3) is 7.17. The first kappa shape index (κ1) is 26.0. The molecule has 0 radical (unpaired) electrons. The summed E-state index contributed by atoms with van der Waals surface area (Å²) in [5.74, 6) is 1.56. The molecule has 2 heterocycles. The van der Waals surface area contributed by atoms with Gasteiger partial charge in [-0.05, 0) is 17.7 Å². The molecule has 1 saturated heterocycles. The molecular formula is C25H35N5O3S. The molecule has 34 heavy (non-hydrogen) atoms. The predicted octanol–water partition coefficient (Wildman–Crippen LogP) is 3.11. The van der Waals surface area contributed by atoms with Gasteiger partial charge >= 0.3 is 0 Å². The number of anilines is 1. The molecule has 1 aliphatic heterocycles. The van der Waals surface area contributed by atoms with Crippen LogP contribution in [0.2, 0.25) is 0 Å². The summed E-state index contributed by atoms with van der Waals surface area (Å²) in [7, 11) is 1.61. The zero-order valence-corrected chi connectivity index (χ0v) is 21.6. The van der Waals surface area contributed by atoms with Gasteiger partial charge in [0.1, 0.15) is 5.82 Å². The van der Waals surface area contributed by atoms with Gasteiger partial charge < -0.3 is 19.9 Å². The van der Waals surface area contributed by atoms with Crippen molar-refractivity contribution in [2.24, 2.45) is 0 Å². The predicted molar refractivity (Wildman–Crippen MR) is 135 cm³/mol. The summed E-state index contributed by atoms with van der Waals surface area (Å²) >= 11 is 1.56. The van der Waals surface area contributed by atoms with E-state index in [0.717, 1.165) is 30.2 Å². The van der Waals surface area contributed by atoms with Crippen LogP contribution in [0.15, 0.2) is 35.5 Å². The molecule has 0 spiro atoms. The number of carbonyl (C=O) groups excluding carboxylic acids is 2. The Morgan fingerprint density at radius 2 is 1.85 bits per heavy atom. The van der Waals surface area contributed by atoms with Gasteiger partial charge in [-0.25, -0.2) is 9.97 Å². The Labute approximate surface area is 206 Å². The molecular weight excluding hydrogens is 450 g/mol. The third-order valence-corrected chi connectivity index (χ3v) is 6.58. The summed E-state index contributed by atoms with van der Waals surface area (Å²) in [6, 6.07) is 9.69. The van der Waals surface area contributed by atoms with Crippen molar-refractivity contribution in [3.05, 3.63) is 47.2 Å². The van der Waals surface area contributed by atoms with E-state index in [4.69, 9.17) is 14.7 Å². The number of hydrogen-bond donors (Lipinski definition) is 1. The fraction of sp³-hybridized carbons (Fsp3) is 0.520. The van der Waals surface area contributed by atoms with E-state index in [0.29, 0.717) is 42.7 Å². The number of hydrogen-bond acceptors (Lipinski definition) is 7. The van der Waals surface area contributed by atoms with Crippen LogP contribution in [0.1, 0.15) is 49.3 Å². The molecule has 8 nitrogen and oxygen atoms in total. The Hall–Kier alpha value is -2.65. The lowest BCUT2D eigenvalue weighted by molar-refractivity contribution is -0.129. The van der Waals surface area contributed by atoms with E-state index >= 15 is 0 Å². The highest BCUT2D eigenvalue weighted by Gasteiger charge is 2.23. The normalized spacial score (nSPS) is 14.3. The number of rotatable bonds is 8. The topological polar surface area (TPSA) is 87.7 Å². The van der Waals surface area contributed by atoms with Crippen molar-refractivity contribution in [3.63, 3.8) is 0 Å². The Morgan fingerprint density at radius 3 is 2.50 bits per heavy atom. The van der Waals surface area contributed by atoms with E-state index in [9.17, 15) is 9.59 Å². The van der Waals surface area contributed by atoms with Crippen LogP contribution in [0.4, 0.5) is 5.82 Å². The molecule has 1 aromatic heterocycles. The Morgan fingerprint density at radius 1 is 1.12 bits per heavy atom. The summed E-state index contributed by atoms with van der Waals surface area (Å²) < 4.78 is 4.99. The first-order chi connectivity index (χ1) is 16.2. The Bertz CT molecular complexity index is 1000. The maximum Gasteiger partial charge on any atom is 0.251 e. The standard InChI is InChI=1S/C25H35N5O3S/c1-18(31)29-10-12-30(13-11-29)22-16-21(25(2,3)4)27-24(28-22)34-17-19-7-6-8-20(15-19)23(32)26-9-14-33-5/h6-8,15-16H,9-14,17H2,1-5H3,(H,26,32). The van der Waals surface area contributed by atoms with Gasteiger partial charge in [0.15, 0.2) is 5.16 Å². The number of piperazine rings is 1. The van der Waals surface area contributed by atoms with Crippen LogP contribution in [0.25, 0.3) is 0 Å². The fourth-order valence-electron chi connectivity index (χ4n) is 3.59. The summed E-state index contributed by atoms with van der Waals surface area (Å²) in [5, 5.41) is 3.57. The monoisotopic (exact) mass is 485 g/mol. The molecule has 1 N–H and O–H groups in total. The minimum Gasteiger partial charge on any atom is -0.383 e. The molecule has 2 aromatic rings. The van der Waals surface area contributed by atoms with Crippen molar-refractivity contribution in [1.29, 1.82) is 0 Å². The van der Waals surface area contributed by atoms with Crippen molar-refractivity contribution in [2.75, 3.05) is 51.3 Å². The molecule has 0 bridgehead atoms. The van der Waals surface area contributed by atoms with Crippen molar-refractivity contribution in [2.45, 2.75) is 44.0 Å². The zero-order valence-electron chi connectivity index (χ0n) is 20.8. The number of nitrogens with zero attached hydrogens (tertiary/aromatic N) is 4. The molecule has 184 valence electrons. The molecule has 3 rings (SSSR count). The first-order valence-electron chi connectivity index (χ1n) is 11.6. The highest BCUT2D eigenvalue weighted by molar-refractivity contribution is 7.98. The number of benzene rings is 1. The van der Waals surface area contributed by atoms with Crippen LogP contribution >= 0.6 is 11.8 Å². The molecule has 1 fully saturated rings. The maximum atomic E-state index is 12.4. The van der Waals surface area contributed by atoms with Crippen LogP contribution in [0, 0.1) is 0 Å². The van der Waals surface area contributed by atoms with E-state index in [2.05, 4.69) is 37.1 Å². The number of carbonyl (C=O) groups is 2. The van der Waals surface area contributed by atoms with Gasteiger partial charge in [0.25, 0.3) is 5.91 Å². The first-order valence-corrected chi connectivity index (χ1v) is 12.5. The van der Waals surface area contributed by atoms with E-state index in [1.807, 2.05) is 29.2 Å². The average Bonchev–Trinajstić information content (AvgIpc) is 2.82. The molecule has 0 unspecified atom stereocenters. The number of thioether (sulfide) groups is 1. The van der Waals surface area contributed by atoms with Gasteiger partial charge in [-0.3, -0.25) is 9.59 Å². The van der Waals surface area contributed by atoms with Gasteiger partial charge in [-0.2, -0.15) is 0 Å². The highest BCUT2D eigenvalue weighted by atomic mass is 32.2. The van der Waals surface area contributed by atoms with E-state index in [1.54, 1.807) is 25.8 Å². The van der Waals surface area contributed by atoms with Crippen LogP contribution in [-0.2, 0) is 20.7 Å². The SMILES string of the molecule is COCCNC(=O)c1cccc(CSc2nc(N3CCN(C(C)=O)CC3)cc(C(C)(C)C)n2)c1. The maximum absolute atomic E-state index is 12.4. The highest BCUT2D eigenvalue weighted by Crippen LogP contribution is 2.29. The Balaban J connectivity index is 1.73. The quantitative estimate of drug-likeness (QED) is 0.349. The third-order valence-electron chi connectivity index (χ3n) is 5.66. The number of ether oxygens (including phenoxy) is 1. The van der Waals surface area contributed by atoms with Gasteiger partial charge in [-0.15, -0.1) is 0 Å².